The predicted molar refractivity (Wildman–Crippen MR) is 142 cm³/mol. The molecule has 0 atom stereocenters. The van der Waals surface area contributed by atoms with E-state index in [1.807, 2.05) is 72.8 Å². The van der Waals surface area contributed by atoms with Crippen LogP contribution in [-0.2, 0) is 11.2 Å². The summed E-state index contributed by atoms with van der Waals surface area (Å²) in [4.78, 5) is 20.8. The maximum atomic E-state index is 13.5. The number of ether oxygens (including phenoxy) is 1. The number of hydrogen-bond acceptors (Lipinski definition) is 4. The van der Waals surface area contributed by atoms with Gasteiger partial charge < -0.3 is 4.74 Å². The predicted octanol–water partition coefficient (Wildman–Crippen LogP) is 6.88. The minimum absolute atomic E-state index is 0.0227. The van der Waals surface area contributed by atoms with E-state index in [1.54, 1.807) is 4.90 Å². The number of carbonyl (C=O) groups is 1. The van der Waals surface area contributed by atoms with E-state index in [9.17, 15) is 4.79 Å². The zero-order valence-corrected chi connectivity index (χ0v) is 20.7. The average molecular weight is 471 g/mol. The maximum absolute atomic E-state index is 13.5. The normalized spacial score (nSPS) is 16.1. The third kappa shape index (κ3) is 6.17. The molecule has 0 spiro atoms. The van der Waals surface area contributed by atoms with Crippen LogP contribution >= 0.6 is 11.8 Å². The molecule has 1 heterocycles. The van der Waals surface area contributed by atoms with Crippen LogP contribution in [0, 0.1) is 12.8 Å². The van der Waals surface area contributed by atoms with Crippen LogP contribution in [0.2, 0.25) is 0 Å². The highest BCUT2D eigenvalue weighted by molar-refractivity contribution is 8.18. The second-order valence-electron chi connectivity index (χ2n) is 8.78. The summed E-state index contributed by atoms with van der Waals surface area (Å²) in [7, 11) is 0. The lowest BCUT2D eigenvalue weighted by Gasteiger charge is -2.15. The van der Waals surface area contributed by atoms with Crippen molar-refractivity contribution in [2.24, 2.45) is 10.9 Å². The van der Waals surface area contributed by atoms with Crippen LogP contribution in [0.3, 0.4) is 0 Å². The van der Waals surface area contributed by atoms with Crippen molar-refractivity contribution in [3.8, 4) is 5.75 Å². The smallest absolute Gasteiger partial charge is 0.266 e. The molecule has 4 nitrogen and oxygen atoms in total. The molecule has 4 rings (SSSR count). The summed E-state index contributed by atoms with van der Waals surface area (Å²) in [5.74, 6) is 1.19. The number of benzene rings is 3. The molecule has 1 amide bonds. The molecular weight excluding hydrogens is 440 g/mol. The lowest BCUT2D eigenvalue weighted by Crippen LogP contribution is -2.31. The topological polar surface area (TPSA) is 41.9 Å². The Hall–Kier alpha value is -3.31. The molecular formula is C29H30N2O2S. The van der Waals surface area contributed by atoms with Gasteiger partial charge in [-0.15, -0.1) is 0 Å². The maximum Gasteiger partial charge on any atom is 0.266 e. The van der Waals surface area contributed by atoms with Gasteiger partial charge in [-0.05, 0) is 60.9 Å². The van der Waals surface area contributed by atoms with Crippen molar-refractivity contribution in [3.63, 3.8) is 0 Å². The fraction of sp³-hybridized carbons (Fsp3) is 0.241. The van der Waals surface area contributed by atoms with Gasteiger partial charge in [0.05, 0.1) is 17.2 Å². The summed E-state index contributed by atoms with van der Waals surface area (Å²) in [6.07, 6.45) is 2.69. The van der Waals surface area contributed by atoms with Gasteiger partial charge in [0.15, 0.2) is 5.17 Å². The first-order chi connectivity index (χ1) is 16.5. The van der Waals surface area contributed by atoms with E-state index in [0.29, 0.717) is 29.1 Å². The number of carbonyl (C=O) groups excluding carboxylic acids is 1. The van der Waals surface area contributed by atoms with E-state index in [4.69, 9.17) is 9.73 Å². The molecule has 0 aromatic heterocycles. The Bertz CT molecular complexity index is 1180. The molecule has 1 saturated heterocycles. The number of amidine groups is 1. The van der Waals surface area contributed by atoms with Gasteiger partial charge in [0, 0.05) is 12.1 Å². The quantitative estimate of drug-likeness (QED) is 0.337. The molecule has 0 bridgehead atoms. The fourth-order valence-corrected chi connectivity index (χ4v) is 4.55. The lowest BCUT2D eigenvalue weighted by molar-refractivity contribution is -0.122. The monoisotopic (exact) mass is 470 g/mol. The second-order valence-corrected chi connectivity index (χ2v) is 9.78. The van der Waals surface area contributed by atoms with Crippen LogP contribution in [0.15, 0.2) is 88.8 Å². The Kier molecular flexibility index (Phi) is 7.86. The Morgan fingerprint density at radius 2 is 1.68 bits per heavy atom. The number of nitrogens with zero attached hydrogens (tertiary/aromatic N) is 2. The van der Waals surface area contributed by atoms with E-state index < -0.39 is 0 Å². The van der Waals surface area contributed by atoms with E-state index in [1.165, 1.54) is 22.9 Å². The van der Waals surface area contributed by atoms with E-state index in [0.717, 1.165) is 23.4 Å². The molecule has 1 fully saturated rings. The third-order valence-electron chi connectivity index (χ3n) is 5.39. The van der Waals surface area contributed by atoms with Gasteiger partial charge in [-0.3, -0.25) is 9.69 Å². The van der Waals surface area contributed by atoms with Crippen molar-refractivity contribution in [2.45, 2.75) is 27.2 Å². The standard InChI is InChI=1S/C29H30N2O2S/c1-21(2)20-33-26-12-8-7-11-24(26)19-27-28(32)31(18-17-23-9-5-4-6-10-23)29(34-27)30-25-15-13-22(3)14-16-25/h4-16,19,21H,17-18,20H2,1-3H3/b27-19+,30-29?. The summed E-state index contributed by atoms with van der Waals surface area (Å²) in [6, 6.07) is 26.1. The van der Waals surface area contributed by atoms with Crippen LogP contribution in [0.25, 0.3) is 6.08 Å². The van der Waals surface area contributed by atoms with Gasteiger partial charge in [-0.25, -0.2) is 4.99 Å². The Morgan fingerprint density at radius 1 is 0.971 bits per heavy atom. The molecule has 0 aliphatic carbocycles. The first-order valence-corrected chi connectivity index (χ1v) is 12.4. The highest BCUT2D eigenvalue weighted by Gasteiger charge is 2.33. The molecule has 1 aliphatic heterocycles. The highest BCUT2D eigenvalue weighted by atomic mass is 32.2. The average Bonchev–Trinajstić information content (AvgIpc) is 3.13. The lowest BCUT2D eigenvalue weighted by atomic mass is 10.1. The van der Waals surface area contributed by atoms with Crippen molar-refractivity contribution in [3.05, 3.63) is 100 Å². The molecule has 34 heavy (non-hydrogen) atoms. The number of aliphatic imine (C=N–C) groups is 1. The molecule has 3 aromatic rings. The minimum Gasteiger partial charge on any atom is -0.493 e. The molecule has 0 saturated carbocycles. The highest BCUT2D eigenvalue weighted by Crippen LogP contribution is 2.35. The van der Waals surface area contributed by atoms with Crippen molar-refractivity contribution >= 4 is 34.6 Å². The summed E-state index contributed by atoms with van der Waals surface area (Å²) in [6.45, 7) is 7.50. The molecule has 0 N–H and O–H groups in total. The largest absolute Gasteiger partial charge is 0.493 e. The van der Waals surface area contributed by atoms with Crippen LogP contribution in [0.4, 0.5) is 5.69 Å². The van der Waals surface area contributed by atoms with E-state index >= 15 is 0 Å². The molecule has 1 aliphatic rings. The number of rotatable bonds is 8. The Balaban J connectivity index is 1.63. The number of aryl methyl sites for hydroxylation is 1. The van der Waals surface area contributed by atoms with Crippen LogP contribution in [0.1, 0.15) is 30.5 Å². The molecule has 0 unspecified atom stereocenters. The summed E-state index contributed by atoms with van der Waals surface area (Å²) in [5.41, 5.74) is 4.12. The van der Waals surface area contributed by atoms with Crippen LogP contribution < -0.4 is 4.74 Å². The van der Waals surface area contributed by atoms with Crippen LogP contribution in [0.5, 0.6) is 5.75 Å². The summed E-state index contributed by atoms with van der Waals surface area (Å²) in [5, 5.41) is 0.705. The number of amides is 1. The van der Waals surface area contributed by atoms with Gasteiger partial charge in [-0.1, -0.05) is 80.1 Å². The molecule has 3 aromatic carbocycles. The van der Waals surface area contributed by atoms with Gasteiger partial charge >= 0.3 is 0 Å². The number of thioether (sulfide) groups is 1. The molecule has 0 radical (unpaired) electrons. The first kappa shape index (κ1) is 23.8. The van der Waals surface area contributed by atoms with Crippen molar-refractivity contribution in [1.29, 1.82) is 0 Å². The summed E-state index contributed by atoms with van der Waals surface area (Å²) >= 11 is 1.42. The third-order valence-corrected chi connectivity index (χ3v) is 6.40. The van der Waals surface area contributed by atoms with Crippen molar-refractivity contribution in [1.82, 2.24) is 4.90 Å². The van der Waals surface area contributed by atoms with Crippen molar-refractivity contribution < 1.29 is 9.53 Å². The number of hydrogen-bond donors (Lipinski definition) is 0. The zero-order valence-electron chi connectivity index (χ0n) is 19.9. The molecule has 174 valence electrons. The second kappa shape index (κ2) is 11.2. The first-order valence-electron chi connectivity index (χ1n) is 11.6. The fourth-order valence-electron chi connectivity index (χ4n) is 3.53. The Labute approximate surface area is 206 Å². The van der Waals surface area contributed by atoms with E-state index in [2.05, 4.69) is 32.9 Å². The van der Waals surface area contributed by atoms with Gasteiger partial charge in [0.2, 0.25) is 0 Å². The molecule has 5 heteroatoms. The minimum atomic E-state index is -0.0227. The Morgan fingerprint density at radius 3 is 2.41 bits per heavy atom. The van der Waals surface area contributed by atoms with Gasteiger partial charge in [0.25, 0.3) is 5.91 Å². The number of para-hydroxylation sites is 1. The van der Waals surface area contributed by atoms with Gasteiger partial charge in [-0.2, -0.15) is 0 Å². The van der Waals surface area contributed by atoms with Crippen LogP contribution in [-0.4, -0.2) is 29.1 Å². The zero-order chi connectivity index (χ0) is 23.9. The van der Waals surface area contributed by atoms with E-state index in [-0.39, 0.29) is 5.91 Å². The van der Waals surface area contributed by atoms with Gasteiger partial charge in [0.1, 0.15) is 5.75 Å². The SMILES string of the molecule is Cc1ccc(N=C2S/C(=C/c3ccccc3OCC(C)C)C(=O)N2CCc2ccccc2)cc1. The van der Waals surface area contributed by atoms with Crippen molar-refractivity contribution in [2.75, 3.05) is 13.2 Å². The summed E-state index contributed by atoms with van der Waals surface area (Å²) < 4.78 is 6.00.